The SMILES string of the molecule is Cc1ncc2c(n1)C1(CCN(C(=O)C3CCCN(c4ccccn4)C3)CC1)OCC2. The molecule has 5 heterocycles. The van der Waals surface area contributed by atoms with Crippen molar-refractivity contribution in [3.8, 4) is 0 Å². The number of anilines is 1. The van der Waals surface area contributed by atoms with Gasteiger partial charge < -0.3 is 14.5 Å². The summed E-state index contributed by atoms with van der Waals surface area (Å²) in [5.74, 6) is 2.07. The van der Waals surface area contributed by atoms with E-state index in [1.807, 2.05) is 42.4 Å². The van der Waals surface area contributed by atoms with Gasteiger partial charge in [0.15, 0.2) is 0 Å². The Morgan fingerprint density at radius 1 is 1.20 bits per heavy atom. The zero-order valence-corrected chi connectivity index (χ0v) is 17.6. The largest absolute Gasteiger partial charge is 0.368 e. The summed E-state index contributed by atoms with van der Waals surface area (Å²) in [5.41, 5.74) is 1.89. The first kappa shape index (κ1) is 19.4. The van der Waals surface area contributed by atoms with Crippen LogP contribution in [-0.2, 0) is 21.6 Å². The minimum Gasteiger partial charge on any atom is -0.368 e. The summed E-state index contributed by atoms with van der Waals surface area (Å²) in [4.78, 5) is 31.2. The second kappa shape index (κ2) is 7.95. The Hall–Kier alpha value is -2.54. The number of likely N-dealkylation sites (tertiary alicyclic amines) is 1. The van der Waals surface area contributed by atoms with Gasteiger partial charge in [0.05, 0.1) is 18.2 Å². The lowest BCUT2D eigenvalue weighted by atomic mass is 9.82. The molecule has 2 aromatic heterocycles. The third-order valence-corrected chi connectivity index (χ3v) is 6.79. The maximum absolute atomic E-state index is 13.3. The zero-order chi connectivity index (χ0) is 20.6. The van der Waals surface area contributed by atoms with Crippen LogP contribution in [0.15, 0.2) is 30.6 Å². The summed E-state index contributed by atoms with van der Waals surface area (Å²) in [5, 5.41) is 0. The Bertz CT molecular complexity index is 911. The van der Waals surface area contributed by atoms with Gasteiger partial charge in [0.1, 0.15) is 17.2 Å². The van der Waals surface area contributed by atoms with E-state index in [0.717, 1.165) is 75.6 Å². The van der Waals surface area contributed by atoms with Gasteiger partial charge in [-0.2, -0.15) is 0 Å². The van der Waals surface area contributed by atoms with Crippen LogP contribution >= 0.6 is 0 Å². The van der Waals surface area contributed by atoms with Crippen LogP contribution in [0.5, 0.6) is 0 Å². The van der Waals surface area contributed by atoms with Crippen molar-refractivity contribution >= 4 is 11.7 Å². The first-order valence-corrected chi connectivity index (χ1v) is 11.1. The smallest absolute Gasteiger partial charge is 0.227 e. The predicted octanol–water partition coefficient (Wildman–Crippen LogP) is 2.49. The number of amides is 1. The van der Waals surface area contributed by atoms with Gasteiger partial charge in [-0.25, -0.2) is 15.0 Å². The molecular formula is C23H29N5O2. The highest BCUT2D eigenvalue weighted by Crippen LogP contribution is 2.40. The summed E-state index contributed by atoms with van der Waals surface area (Å²) in [6, 6.07) is 5.96. The van der Waals surface area contributed by atoms with Crippen LogP contribution in [0.4, 0.5) is 5.82 Å². The molecule has 7 nitrogen and oxygen atoms in total. The van der Waals surface area contributed by atoms with Crippen LogP contribution < -0.4 is 4.90 Å². The van der Waals surface area contributed by atoms with Crippen LogP contribution in [0.2, 0.25) is 0 Å². The molecule has 2 fully saturated rings. The third kappa shape index (κ3) is 3.55. The van der Waals surface area contributed by atoms with E-state index >= 15 is 0 Å². The first-order valence-electron chi connectivity index (χ1n) is 11.1. The number of carbonyl (C=O) groups excluding carboxylic acids is 1. The van der Waals surface area contributed by atoms with Crippen LogP contribution in [-0.4, -0.2) is 58.5 Å². The normalized spacial score (nSPS) is 23.3. The highest BCUT2D eigenvalue weighted by Gasteiger charge is 2.44. The molecule has 2 aromatic rings. The second-order valence-corrected chi connectivity index (χ2v) is 8.68. The van der Waals surface area contributed by atoms with Crippen molar-refractivity contribution in [2.45, 2.75) is 44.6 Å². The van der Waals surface area contributed by atoms with Gasteiger partial charge in [0.2, 0.25) is 5.91 Å². The lowest BCUT2D eigenvalue weighted by molar-refractivity contribution is -0.145. The summed E-state index contributed by atoms with van der Waals surface area (Å²) >= 11 is 0. The van der Waals surface area contributed by atoms with E-state index in [9.17, 15) is 4.79 Å². The fourth-order valence-corrected chi connectivity index (χ4v) is 5.15. The lowest BCUT2D eigenvalue weighted by Crippen LogP contribution is -2.52. The fourth-order valence-electron chi connectivity index (χ4n) is 5.15. The number of ether oxygens (including phenoxy) is 1. The second-order valence-electron chi connectivity index (χ2n) is 8.68. The van der Waals surface area contributed by atoms with Crippen LogP contribution in [0.1, 0.15) is 42.8 Å². The summed E-state index contributed by atoms with van der Waals surface area (Å²) < 4.78 is 6.29. The highest BCUT2D eigenvalue weighted by molar-refractivity contribution is 5.80. The quantitative estimate of drug-likeness (QED) is 0.762. The molecule has 0 N–H and O–H groups in total. The van der Waals surface area contributed by atoms with Gasteiger partial charge in [0.25, 0.3) is 0 Å². The molecule has 3 aliphatic heterocycles. The van der Waals surface area contributed by atoms with E-state index in [2.05, 4.69) is 14.9 Å². The molecule has 0 saturated carbocycles. The molecule has 0 aliphatic carbocycles. The van der Waals surface area contributed by atoms with Gasteiger partial charge in [-0.1, -0.05) is 6.07 Å². The van der Waals surface area contributed by atoms with Gasteiger partial charge in [-0.3, -0.25) is 4.79 Å². The van der Waals surface area contributed by atoms with Gasteiger partial charge in [0, 0.05) is 38.6 Å². The molecule has 0 aromatic carbocycles. The van der Waals surface area contributed by atoms with Crippen molar-refractivity contribution in [3.63, 3.8) is 0 Å². The average Bonchev–Trinajstić information content (AvgIpc) is 2.80. The van der Waals surface area contributed by atoms with Gasteiger partial charge in [-0.15, -0.1) is 0 Å². The van der Waals surface area contributed by atoms with Crippen molar-refractivity contribution in [1.29, 1.82) is 0 Å². The minimum atomic E-state index is -0.357. The Kier molecular flexibility index (Phi) is 5.15. The zero-order valence-electron chi connectivity index (χ0n) is 17.6. The number of aryl methyl sites for hydroxylation is 1. The number of hydrogen-bond acceptors (Lipinski definition) is 6. The Morgan fingerprint density at radius 2 is 2.07 bits per heavy atom. The first-order chi connectivity index (χ1) is 14.6. The molecule has 2 saturated heterocycles. The number of nitrogens with zero attached hydrogens (tertiary/aromatic N) is 5. The number of fused-ring (bicyclic) bond motifs is 2. The summed E-state index contributed by atoms with van der Waals surface area (Å²) in [6.45, 7) is 5.80. The number of piperidine rings is 2. The summed E-state index contributed by atoms with van der Waals surface area (Å²) in [6.07, 6.45) is 8.22. The molecular weight excluding hydrogens is 378 g/mol. The molecule has 1 unspecified atom stereocenters. The maximum Gasteiger partial charge on any atom is 0.227 e. The van der Waals surface area contributed by atoms with Gasteiger partial charge >= 0.3 is 0 Å². The van der Waals surface area contributed by atoms with Crippen molar-refractivity contribution in [3.05, 3.63) is 47.7 Å². The minimum absolute atomic E-state index is 0.0407. The third-order valence-electron chi connectivity index (χ3n) is 6.79. The maximum atomic E-state index is 13.3. The number of hydrogen-bond donors (Lipinski definition) is 0. The van der Waals surface area contributed by atoms with E-state index in [0.29, 0.717) is 6.61 Å². The fraction of sp³-hybridized carbons (Fsp3) is 0.565. The molecule has 0 radical (unpaired) electrons. The van der Waals surface area contributed by atoms with E-state index in [4.69, 9.17) is 9.72 Å². The molecule has 3 aliphatic rings. The molecule has 1 spiro atoms. The number of aromatic nitrogens is 3. The molecule has 158 valence electrons. The Labute approximate surface area is 177 Å². The van der Waals surface area contributed by atoms with Crippen molar-refractivity contribution in [2.24, 2.45) is 5.92 Å². The molecule has 30 heavy (non-hydrogen) atoms. The average molecular weight is 408 g/mol. The number of carbonyl (C=O) groups is 1. The van der Waals surface area contributed by atoms with Crippen molar-refractivity contribution in [1.82, 2.24) is 19.9 Å². The van der Waals surface area contributed by atoms with E-state index in [1.54, 1.807) is 0 Å². The molecule has 5 rings (SSSR count). The topological polar surface area (TPSA) is 71.5 Å². The van der Waals surface area contributed by atoms with E-state index in [-0.39, 0.29) is 17.4 Å². The van der Waals surface area contributed by atoms with Crippen molar-refractivity contribution in [2.75, 3.05) is 37.7 Å². The standard InChI is InChI=1S/C23H29N5O2/c1-17-25-15-18-7-14-30-23(21(18)26-17)8-12-27(13-9-23)22(29)19-5-4-11-28(16-19)20-6-2-3-10-24-20/h2-3,6,10,15,19H,4-5,7-9,11-14,16H2,1H3. The summed E-state index contributed by atoms with van der Waals surface area (Å²) in [7, 11) is 0. The molecule has 7 heteroatoms. The molecule has 0 bridgehead atoms. The Morgan fingerprint density at radius 3 is 2.87 bits per heavy atom. The lowest BCUT2D eigenvalue weighted by Gasteiger charge is -2.45. The predicted molar refractivity (Wildman–Crippen MR) is 113 cm³/mol. The Balaban J connectivity index is 1.26. The number of pyridine rings is 1. The van der Waals surface area contributed by atoms with E-state index < -0.39 is 0 Å². The van der Waals surface area contributed by atoms with Crippen LogP contribution in [0, 0.1) is 12.8 Å². The van der Waals surface area contributed by atoms with Crippen LogP contribution in [0.3, 0.4) is 0 Å². The molecule has 1 atom stereocenters. The monoisotopic (exact) mass is 407 g/mol. The van der Waals surface area contributed by atoms with E-state index in [1.165, 1.54) is 5.56 Å². The van der Waals surface area contributed by atoms with Crippen molar-refractivity contribution < 1.29 is 9.53 Å². The van der Waals surface area contributed by atoms with Gasteiger partial charge in [-0.05, 0) is 56.7 Å². The van der Waals surface area contributed by atoms with Crippen LogP contribution in [0.25, 0.3) is 0 Å². The highest BCUT2D eigenvalue weighted by atomic mass is 16.5. The molecule has 1 amide bonds. The number of rotatable bonds is 2.